The molecule has 7 atom stereocenters. The second-order valence-electron chi connectivity index (χ2n) is 11.9. The fourth-order valence-electron chi connectivity index (χ4n) is 6.27. The van der Waals surface area contributed by atoms with Gasteiger partial charge < -0.3 is 29.6 Å². The van der Waals surface area contributed by atoms with Crippen LogP contribution in [0.2, 0.25) is 0 Å². The summed E-state index contributed by atoms with van der Waals surface area (Å²) in [7, 11) is 1.30. The third kappa shape index (κ3) is 4.80. The lowest BCUT2D eigenvalue weighted by Crippen LogP contribution is -2.78. The monoisotopic (exact) mass is 513 g/mol. The summed E-state index contributed by atoms with van der Waals surface area (Å²) in [6, 6.07) is 0. The normalized spacial score (nSPS) is 36.7. The van der Waals surface area contributed by atoms with Crippen molar-refractivity contribution in [3.8, 4) is 0 Å². The van der Waals surface area contributed by atoms with E-state index in [9.17, 15) is 29.7 Å². The van der Waals surface area contributed by atoms with Crippen LogP contribution in [-0.2, 0) is 23.9 Å². The molecule has 0 saturated heterocycles. The highest BCUT2D eigenvalue weighted by molar-refractivity contribution is 5.89. The molecule has 0 unspecified atom stereocenters. The summed E-state index contributed by atoms with van der Waals surface area (Å²) in [5.41, 5.74) is -4.06. The number of rotatable bonds is 7. The number of aliphatic hydroxyl groups excluding tert-OH is 1. The summed E-state index contributed by atoms with van der Waals surface area (Å²) in [5, 5.41) is 35.3. The fourth-order valence-corrected chi connectivity index (χ4v) is 6.27. The summed E-state index contributed by atoms with van der Waals surface area (Å²) < 4.78 is 10.5. The van der Waals surface area contributed by atoms with Crippen LogP contribution in [0.5, 0.6) is 0 Å². The molecule has 0 heterocycles. The molecule has 10 heteroatoms. The topological polar surface area (TPSA) is 152 Å². The van der Waals surface area contributed by atoms with E-state index in [4.69, 9.17) is 14.3 Å². The van der Waals surface area contributed by atoms with Crippen molar-refractivity contribution in [1.29, 1.82) is 0 Å². The number of hydrogen-bond donors (Lipinski definition) is 4. The van der Waals surface area contributed by atoms with Gasteiger partial charge in [-0.15, -0.1) is 12.1 Å². The molecule has 0 spiro atoms. The van der Waals surface area contributed by atoms with Gasteiger partial charge in [-0.25, -0.2) is 9.59 Å². The van der Waals surface area contributed by atoms with E-state index in [-0.39, 0.29) is 25.2 Å². The van der Waals surface area contributed by atoms with Crippen LogP contribution in [0.4, 0.5) is 4.79 Å². The van der Waals surface area contributed by atoms with E-state index in [0.29, 0.717) is 6.42 Å². The van der Waals surface area contributed by atoms with Crippen molar-refractivity contribution in [1.82, 2.24) is 5.48 Å². The molecule has 4 N–H and O–H groups in total. The molecule has 0 radical (unpaired) electrons. The van der Waals surface area contributed by atoms with Gasteiger partial charge in [0.05, 0.1) is 11.5 Å². The highest BCUT2D eigenvalue weighted by Gasteiger charge is 2.76. The van der Waals surface area contributed by atoms with Gasteiger partial charge in [0.2, 0.25) is 5.79 Å². The molecule has 2 rings (SSSR count). The van der Waals surface area contributed by atoms with Crippen molar-refractivity contribution in [2.75, 3.05) is 7.11 Å². The summed E-state index contributed by atoms with van der Waals surface area (Å²) >= 11 is 0. The minimum absolute atomic E-state index is 0.0465. The van der Waals surface area contributed by atoms with E-state index >= 15 is 0 Å². The smallest absolute Gasteiger partial charge is 0.414 e. The Balaban J connectivity index is 2.52. The third-order valence-corrected chi connectivity index (χ3v) is 8.69. The van der Waals surface area contributed by atoms with Crippen molar-refractivity contribution in [3.05, 3.63) is 12.7 Å². The molecule has 0 aromatic heterocycles. The second-order valence-corrected chi connectivity index (χ2v) is 11.9. The number of methoxy groups -OCH3 is 1. The highest BCUT2D eigenvalue weighted by atomic mass is 16.8. The van der Waals surface area contributed by atoms with E-state index in [1.807, 2.05) is 19.3 Å². The first-order chi connectivity index (χ1) is 16.3. The lowest BCUT2D eigenvalue weighted by atomic mass is 9.41. The van der Waals surface area contributed by atoms with Gasteiger partial charge in [-0.05, 0) is 50.9 Å². The van der Waals surface area contributed by atoms with Crippen LogP contribution in [0.3, 0.4) is 0 Å². The van der Waals surface area contributed by atoms with Crippen LogP contribution in [0.15, 0.2) is 12.7 Å². The van der Waals surface area contributed by atoms with Crippen LogP contribution in [0.1, 0.15) is 74.1 Å². The molecule has 206 valence electrons. The van der Waals surface area contributed by atoms with Gasteiger partial charge in [0.15, 0.2) is 11.4 Å². The predicted octanol–water partition coefficient (Wildman–Crippen LogP) is 2.64. The predicted molar refractivity (Wildman–Crippen MR) is 130 cm³/mol. The standard InChI is InChI=1S/C26H43NO9/c1-10-15(2)13-18(29)26(33)16(3)14-17(28)19-22(4,5)11-12-25(32,24(19,26)8)35-21(31)27-36-20(30)23(6,7)34-9/h10,15-17,19,28,32-33H,1,11-14H2,2-9H3,(H,27,31)/t15-,16+,17-,19+,24-,25-,26+/m1/s1. The Bertz CT molecular complexity index is 887. The SMILES string of the molecule is C=C[C@@H](C)CC(=O)[C@@]1(O)[C@@H](C)C[C@@H](O)[C@H]2C(C)(C)CC[C@@](O)(OC(=O)NOC(=O)C(C)(C)OC)[C@@]21C. The number of hydrogen-bond acceptors (Lipinski definition) is 9. The molecule has 10 nitrogen and oxygen atoms in total. The lowest BCUT2D eigenvalue weighted by molar-refractivity contribution is -0.362. The van der Waals surface area contributed by atoms with E-state index in [0.717, 1.165) is 0 Å². The van der Waals surface area contributed by atoms with Gasteiger partial charge in [0.25, 0.3) is 0 Å². The summed E-state index contributed by atoms with van der Waals surface area (Å²) in [6.45, 7) is 15.3. The molecule has 2 saturated carbocycles. The Morgan fingerprint density at radius 2 is 1.78 bits per heavy atom. The van der Waals surface area contributed by atoms with Crippen molar-refractivity contribution in [2.24, 2.45) is 28.6 Å². The van der Waals surface area contributed by atoms with Crippen LogP contribution < -0.4 is 5.48 Å². The first-order valence-corrected chi connectivity index (χ1v) is 12.4. The Labute approximate surface area is 213 Å². The molecule has 0 aromatic carbocycles. The van der Waals surface area contributed by atoms with Crippen molar-refractivity contribution >= 4 is 17.8 Å². The fraction of sp³-hybridized carbons (Fsp3) is 0.808. The van der Waals surface area contributed by atoms with Crippen LogP contribution in [-0.4, -0.2) is 63.4 Å². The zero-order valence-corrected chi connectivity index (χ0v) is 22.7. The summed E-state index contributed by atoms with van der Waals surface area (Å²) in [5.74, 6) is -5.64. The number of hydroxylamine groups is 1. The zero-order valence-electron chi connectivity index (χ0n) is 22.7. The third-order valence-electron chi connectivity index (χ3n) is 8.69. The number of ketones is 1. The molecule has 0 aliphatic heterocycles. The number of Topliss-reactive ketones (excluding diaryl/α,β-unsaturated/α-hetero) is 1. The number of fused-ring (bicyclic) bond motifs is 1. The number of allylic oxidation sites excluding steroid dienone is 1. The van der Waals surface area contributed by atoms with Gasteiger partial charge in [0.1, 0.15) is 5.60 Å². The van der Waals surface area contributed by atoms with E-state index in [1.54, 1.807) is 19.9 Å². The van der Waals surface area contributed by atoms with Crippen molar-refractivity contribution in [2.45, 2.75) is 97.2 Å². The first-order valence-electron chi connectivity index (χ1n) is 12.4. The Morgan fingerprint density at radius 3 is 2.31 bits per heavy atom. The average molecular weight is 514 g/mol. The number of nitrogens with one attached hydrogen (secondary N) is 1. The molecule has 36 heavy (non-hydrogen) atoms. The van der Waals surface area contributed by atoms with Gasteiger partial charge in [-0.1, -0.05) is 33.8 Å². The van der Waals surface area contributed by atoms with Crippen molar-refractivity contribution < 1.29 is 44.0 Å². The molecule has 1 amide bonds. The van der Waals surface area contributed by atoms with Gasteiger partial charge >= 0.3 is 12.1 Å². The molecular formula is C26H43NO9. The average Bonchev–Trinajstić information content (AvgIpc) is 2.78. The number of amides is 1. The first kappa shape index (κ1) is 30.2. The Kier molecular flexibility index (Phi) is 8.43. The molecule has 2 aliphatic carbocycles. The number of carbonyl (C=O) groups is 3. The maximum absolute atomic E-state index is 13.7. The van der Waals surface area contributed by atoms with Gasteiger partial charge in [-0.3, -0.25) is 4.79 Å². The lowest BCUT2D eigenvalue weighted by Gasteiger charge is -2.67. The maximum atomic E-state index is 13.7. The van der Waals surface area contributed by atoms with E-state index in [1.165, 1.54) is 27.9 Å². The van der Waals surface area contributed by atoms with E-state index < -0.39 is 63.6 Å². The largest absolute Gasteiger partial charge is 0.443 e. The maximum Gasteiger partial charge on any atom is 0.443 e. The minimum atomic E-state index is -2.38. The van der Waals surface area contributed by atoms with Gasteiger partial charge in [0, 0.05) is 25.9 Å². The van der Waals surface area contributed by atoms with E-state index in [2.05, 4.69) is 6.58 Å². The molecular weight excluding hydrogens is 470 g/mol. The van der Waals surface area contributed by atoms with Crippen LogP contribution in [0, 0.1) is 28.6 Å². The molecule has 2 fully saturated rings. The molecule has 0 aromatic rings. The number of carbonyl (C=O) groups excluding carboxylic acids is 3. The number of ether oxygens (including phenoxy) is 2. The molecule has 0 bridgehead atoms. The molecule has 2 aliphatic rings. The summed E-state index contributed by atoms with van der Waals surface area (Å²) in [4.78, 5) is 43.3. The summed E-state index contributed by atoms with van der Waals surface area (Å²) in [6.07, 6.45) is -0.394. The Morgan fingerprint density at radius 1 is 1.19 bits per heavy atom. The van der Waals surface area contributed by atoms with Gasteiger partial charge in [-0.2, -0.15) is 0 Å². The number of aliphatic hydroxyl groups is 3. The zero-order chi connectivity index (χ0) is 27.9. The minimum Gasteiger partial charge on any atom is -0.414 e. The quantitative estimate of drug-likeness (QED) is 0.229. The second kappa shape index (κ2) is 10.0. The highest BCUT2D eigenvalue weighted by Crippen LogP contribution is 2.66. The van der Waals surface area contributed by atoms with Crippen molar-refractivity contribution in [3.63, 3.8) is 0 Å². The van der Waals surface area contributed by atoms with Crippen LogP contribution >= 0.6 is 0 Å². The Hall–Kier alpha value is -2.01. The van der Waals surface area contributed by atoms with Crippen LogP contribution in [0.25, 0.3) is 0 Å².